The Hall–Kier alpha value is -2.48. The topological polar surface area (TPSA) is 26.3 Å². The number of para-hydroxylation sites is 2. The van der Waals surface area contributed by atoms with Crippen molar-refractivity contribution in [2.45, 2.75) is 6.42 Å². The molecule has 4 aromatic rings. The summed E-state index contributed by atoms with van der Waals surface area (Å²) < 4.78 is 11.1. The molecule has 0 radical (unpaired) electrons. The van der Waals surface area contributed by atoms with E-state index in [1.807, 2.05) is 24.3 Å². The maximum Gasteiger partial charge on any atom is 0.138 e. The maximum atomic E-state index is 6.00. The van der Waals surface area contributed by atoms with E-state index in [1.165, 1.54) is 16.3 Å². The molecule has 0 saturated carbocycles. The van der Waals surface area contributed by atoms with Crippen LogP contribution in [0.5, 0.6) is 0 Å². The normalized spacial score (nSPS) is 11.4. The highest BCUT2D eigenvalue weighted by Gasteiger charge is 2.10. The number of benzene rings is 2. The SMILES string of the molecule is c1ccc2c(c1)oc1c(Cc3ccoc3)cccc12. The first kappa shape index (κ1) is 10.4. The zero-order valence-corrected chi connectivity index (χ0v) is 10.3. The van der Waals surface area contributed by atoms with Gasteiger partial charge in [0.25, 0.3) is 0 Å². The number of hydrogen-bond donors (Lipinski definition) is 0. The van der Waals surface area contributed by atoms with Gasteiger partial charge in [-0.25, -0.2) is 0 Å². The zero-order chi connectivity index (χ0) is 12.7. The molecule has 92 valence electrons. The third kappa shape index (κ3) is 1.65. The van der Waals surface area contributed by atoms with Crippen LogP contribution in [0.4, 0.5) is 0 Å². The molecule has 0 saturated heterocycles. The molecule has 0 N–H and O–H groups in total. The first-order chi connectivity index (χ1) is 9.42. The van der Waals surface area contributed by atoms with Crippen LogP contribution in [0.15, 0.2) is 69.9 Å². The second kappa shape index (κ2) is 4.02. The van der Waals surface area contributed by atoms with Gasteiger partial charge in [0.05, 0.1) is 12.5 Å². The Bertz CT molecular complexity index is 838. The van der Waals surface area contributed by atoms with Crippen LogP contribution in [-0.4, -0.2) is 0 Å². The van der Waals surface area contributed by atoms with Crippen LogP contribution < -0.4 is 0 Å². The Morgan fingerprint density at radius 1 is 0.842 bits per heavy atom. The smallest absolute Gasteiger partial charge is 0.138 e. The number of furan rings is 2. The summed E-state index contributed by atoms with van der Waals surface area (Å²) in [6.07, 6.45) is 4.31. The monoisotopic (exact) mass is 248 g/mol. The largest absolute Gasteiger partial charge is 0.472 e. The van der Waals surface area contributed by atoms with E-state index < -0.39 is 0 Å². The summed E-state index contributed by atoms with van der Waals surface area (Å²) in [5, 5.41) is 2.35. The van der Waals surface area contributed by atoms with Gasteiger partial charge in [-0.05, 0) is 23.3 Å². The summed E-state index contributed by atoms with van der Waals surface area (Å²) in [5.74, 6) is 0. The van der Waals surface area contributed by atoms with E-state index in [0.717, 1.165) is 23.2 Å². The summed E-state index contributed by atoms with van der Waals surface area (Å²) in [6, 6.07) is 16.4. The van der Waals surface area contributed by atoms with Crippen molar-refractivity contribution < 1.29 is 8.83 Å². The van der Waals surface area contributed by atoms with Crippen molar-refractivity contribution in [3.8, 4) is 0 Å². The highest BCUT2D eigenvalue weighted by atomic mass is 16.3. The van der Waals surface area contributed by atoms with Crippen molar-refractivity contribution in [1.82, 2.24) is 0 Å². The Morgan fingerprint density at radius 3 is 2.63 bits per heavy atom. The van der Waals surface area contributed by atoms with Crippen LogP contribution in [0, 0.1) is 0 Å². The van der Waals surface area contributed by atoms with Crippen molar-refractivity contribution in [1.29, 1.82) is 0 Å². The van der Waals surface area contributed by atoms with Crippen molar-refractivity contribution in [2.24, 2.45) is 0 Å². The minimum absolute atomic E-state index is 0.827. The Morgan fingerprint density at radius 2 is 1.74 bits per heavy atom. The van der Waals surface area contributed by atoms with Gasteiger partial charge in [-0.1, -0.05) is 36.4 Å². The Labute approximate surface area is 110 Å². The van der Waals surface area contributed by atoms with E-state index in [9.17, 15) is 0 Å². The van der Waals surface area contributed by atoms with Crippen LogP contribution in [0.1, 0.15) is 11.1 Å². The Kier molecular flexibility index (Phi) is 2.21. The summed E-state index contributed by atoms with van der Waals surface area (Å²) in [6.45, 7) is 0. The quantitative estimate of drug-likeness (QED) is 0.510. The van der Waals surface area contributed by atoms with E-state index in [-0.39, 0.29) is 0 Å². The van der Waals surface area contributed by atoms with Crippen molar-refractivity contribution >= 4 is 21.9 Å². The van der Waals surface area contributed by atoms with Crippen molar-refractivity contribution in [2.75, 3.05) is 0 Å². The third-order valence-electron chi connectivity index (χ3n) is 3.46. The van der Waals surface area contributed by atoms with E-state index in [4.69, 9.17) is 8.83 Å². The lowest BCUT2D eigenvalue weighted by molar-refractivity contribution is 0.564. The number of hydrogen-bond acceptors (Lipinski definition) is 2. The summed E-state index contributed by atoms with van der Waals surface area (Å²) in [5.41, 5.74) is 4.27. The van der Waals surface area contributed by atoms with Crippen LogP contribution in [0.3, 0.4) is 0 Å². The lowest BCUT2D eigenvalue weighted by atomic mass is 10.0. The standard InChI is InChI=1S/C17H12O2/c1-2-7-16-14(5-1)15-6-3-4-13(17(15)19-16)10-12-8-9-18-11-12/h1-9,11H,10H2. The van der Waals surface area contributed by atoms with Gasteiger partial charge >= 0.3 is 0 Å². The average molecular weight is 248 g/mol. The lowest BCUT2D eigenvalue weighted by Gasteiger charge is -1.99. The second-order valence-corrected chi connectivity index (χ2v) is 4.70. The fourth-order valence-corrected chi connectivity index (χ4v) is 2.56. The molecule has 2 aromatic heterocycles. The van der Waals surface area contributed by atoms with Crippen molar-refractivity contribution in [3.63, 3.8) is 0 Å². The van der Waals surface area contributed by atoms with Gasteiger partial charge in [-0.3, -0.25) is 0 Å². The maximum absolute atomic E-state index is 6.00. The van der Waals surface area contributed by atoms with Gasteiger partial charge in [-0.2, -0.15) is 0 Å². The van der Waals surface area contributed by atoms with Gasteiger partial charge in [-0.15, -0.1) is 0 Å². The van der Waals surface area contributed by atoms with Gasteiger partial charge < -0.3 is 8.83 Å². The fraction of sp³-hybridized carbons (Fsp3) is 0.0588. The molecular weight excluding hydrogens is 236 g/mol. The molecule has 19 heavy (non-hydrogen) atoms. The third-order valence-corrected chi connectivity index (χ3v) is 3.46. The molecule has 2 nitrogen and oxygen atoms in total. The van der Waals surface area contributed by atoms with E-state index >= 15 is 0 Å². The zero-order valence-electron chi connectivity index (χ0n) is 10.3. The molecule has 0 fully saturated rings. The van der Waals surface area contributed by atoms with Crippen LogP contribution >= 0.6 is 0 Å². The minimum atomic E-state index is 0.827. The highest BCUT2D eigenvalue weighted by molar-refractivity contribution is 6.05. The van der Waals surface area contributed by atoms with E-state index in [1.54, 1.807) is 12.5 Å². The molecule has 0 unspecified atom stereocenters. The molecule has 2 heterocycles. The summed E-state index contributed by atoms with van der Waals surface area (Å²) in [7, 11) is 0. The molecule has 0 aliphatic rings. The fourth-order valence-electron chi connectivity index (χ4n) is 2.56. The van der Waals surface area contributed by atoms with Crippen LogP contribution in [0.2, 0.25) is 0 Å². The predicted octanol–water partition coefficient (Wildman–Crippen LogP) is 4.77. The number of rotatable bonds is 2. The second-order valence-electron chi connectivity index (χ2n) is 4.70. The molecule has 0 bridgehead atoms. The lowest BCUT2D eigenvalue weighted by Crippen LogP contribution is -1.85. The minimum Gasteiger partial charge on any atom is -0.472 e. The molecule has 0 spiro atoms. The van der Waals surface area contributed by atoms with Crippen LogP contribution in [0.25, 0.3) is 21.9 Å². The first-order valence-corrected chi connectivity index (χ1v) is 6.32. The average Bonchev–Trinajstić information content (AvgIpc) is 3.06. The predicted molar refractivity (Wildman–Crippen MR) is 75.2 cm³/mol. The van der Waals surface area contributed by atoms with E-state index in [2.05, 4.69) is 24.3 Å². The molecule has 4 rings (SSSR count). The number of fused-ring (bicyclic) bond motifs is 3. The Balaban J connectivity index is 1.96. The van der Waals surface area contributed by atoms with Gasteiger partial charge in [0.2, 0.25) is 0 Å². The molecular formula is C17H12O2. The van der Waals surface area contributed by atoms with Crippen LogP contribution in [-0.2, 0) is 6.42 Å². The van der Waals surface area contributed by atoms with Crippen molar-refractivity contribution in [3.05, 3.63) is 72.2 Å². The van der Waals surface area contributed by atoms with Gasteiger partial charge in [0.1, 0.15) is 11.2 Å². The molecule has 0 aliphatic carbocycles. The van der Waals surface area contributed by atoms with E-state index in [0.29, 0.717) is 0 Å². The molecule has 2 aromatic carbocycles. The van der Waals surface area contributed by atoms with Gasteiger partial charge in [0, 0.05) is 17.2 Å². The van der Waals surface area contributed by atoms with Gasteiger partial charge in [0.15, 0.2) is 0 Å². The summed E-state index contributed by atoms with van der Waals surface area (Å²) >= 11 is 0. The first-order valence-electron chi connectivity index (χ1n) is 6.32. The molecule has 0 aliphatic heterocycles. The summed E-state index contributed by atoms with van der Waals surface area (Å²) in [4.78, 5) is 0. The molecule has 0 atom stereocenters. The highest BCUT2D eigenvalue weighted by Crippen LogP contribution is 2.31. The molecule has 2 heteroatoms. The molecule has 0 amide bonds.